The molecular formula is C9H10BrO3S. The maximum absolute atomic E-state index is 10.6. The Hall–Kier alpha value is -0.390. The van der Waals surface area contributed by atoms with Crippen LogP contribution in [0.25, 0.3) is 0 Å². The van der Waals surface area contributed by atoms with Gasteiger partial charge in [-0.05, 0) is 24.6 Å². The molecule has 0 aliphatic heterocycles. The van der Waals surface area contributed by atoms with Crippen LogP contribution in [0.4, 0.5) is 0 Å². The molecule has 0 fully saturated rings. The van der Waals surface area contributed by atoms with Gasteiger partial charge in [-0.25, -0.2) is 0 Å². The third-order valence-electron chi connectivity index (χ3n) is 1.75. The predicted octanol–water partition coefficient (Wildman–Crippen LogP) is 2.25. The Kier molecular flexibility index (Phi) is 3.69. The summed E-state index contributed by atoms with van der Waals surface area (Å²) in [7, 11) is -3.96. The van der Waals surface area contributed by atoms with E-state index in [0.29, 0.717) is 0 Å². The van der Waals surface area contributed by atoms with Crippen LogP contribution in [0.2, 0.25) is 0 Å². The normalized spacial score (nSPS) is 13.9. The lowest BCUT2D eigenvalue weighted by atomic mass is 10.0. The molecule has 1 atom stereocenters. The van der Waals surface area contributed by atoms with Gasteiger partial charge in [-0.1, -0.05) is 28.1 Å². The molecular weight excluding hydrogens is 268 g/mol. The number of hydrogen-bond donors (Lipinski definition) is 1. The molecule has 0 aliphatic rings. The van der Waals surface area contributed by atoms with E-state index >= 15 is 0 Å². The van der Waals surface area contributed by atoms with Crippen molar-refractivity contribution in [3.63, 3.8) is 0 Å². The molecule has 5 heteroatoms. The van der Waals surface area contributed by atoms with E-state index in [9.17, 15) is 8.42 Å². The Morgan fingerprint density at radius 1 is 1.36 bits per heavy atom. The third kappa shape index (κ3) is 3.77. The van der Waals surface area contributed by atoms with Gasteiger partial charge in [-0.15, -0.1) is 0 Å². The fraction of sp³-hybridized carbons (Fsp3) is 0.222. The van der Waals surface area contributed by atoms with Gasteiger partial charge in [-0.2, -0.15) is 8.42 Å². The van der Waals surface area contributed by atoms with Crippen LogP contribution in [-0.4, -0.2) is 18.7 Å². The van der Waals surface area contributed by atoms with E-state index in [4.69, 9.17) is 4.55 Å². The summed E-state index contributed by atoms with van der Waals surface area (Å²) in [6.45, 7) is 3.67. The van der Waals surface area contributed by atoms with Gasteiger partial charge in [0.05, 0.1) is 5.75 Å². The van der Waals surface area contributed by atoms with Crippen molar-refractivity contribution in [2.75, 3.05) is 5.75 Å². The predicted molar refractivity (Wildman–Crippen MR) is 58.7 cm³/mol. The Bertz CT molecular complexity index is 397. The maximum atomic E-state index is 10.6. The number of halogens is 1. The van der Waals surface area contributed by atoms with E-state index < -0.39 is 16.0 Å². The van der Waals surface area contributed by atoms with Crippen molar-refractivity contribution < 1.29 is 13.0 Å². The van der Waals surface area contributed by atoms with Crippen LogP contribution >= 0.6 is 15.9 Å². The number of benzene rings is 1. The molecule has 0 amide bonds. The molecule has 0 aromatic heterocycles. The minimum absolute atomic E-state index is 0.353. The second kappa shape index (κ2) is 4.42. The Morgan fingerprint density at radius 3 is 2.29 bits per heavy atom. The highest BCUT2D eigenvalue weighted by Gasteiger charge is 2.13. The lowest BCUT2D eigenvalue weighted by Gasteiger charge is -2.09. The fourth-order valence-electron chi connectivity index (χ4n) is 1.09. The average molecular weight is 278 g/mol. The molecule has 0 saturated heterocycles. The average Bonchev–Trinajstić information content (AvgIpc) is 2.02. The first-order valence-electron chi connectivity index (χ1n) is 3.92. The zero-order valence-electron chi connectivity index (χ0n) is 7.35. The zero-order valence-corrected chi connectivity index (χ0v) is 9.75. The Morgan fingerprint density at radius 2 is 1.86 bits per heavy atom. The Balaban J connectivity index is 2.80. The molecule has 1 rings (SSSR count). The largest absolute Gasteiger partial charge is 0.286 e. The van der Waals surface area contributed by atoms with Gasteiger partial charge in [0.25, 0.3) is 10.1 Å². The van der Waals surface area contributed by atoms with Crippen LogP contribution in [0.15, 0.2) is 28.7 Å². The minimum Gasteiger partial charge on any atom is -0.286 e. The second-order valence-corrected chi connectivity index (χ2v) is 5.41. The molecule has 1 radical (unpaired) electrons. The van der Waals surface area contributed by atoms with Crippen LogP contribution in [0, 0.1) is 6.92 Å². The molecule has 3 nitrogen and oxygen atoms in total. The molecule has 1 aromatic carbocycles. The molecule has 0 bridgehead atoms. The monoisotopic (exact) mass is 277 g/mol. The van der Waals surface area contributed by atoms with Gasteiger partial charge in [-0.3, -0.25) is 4.55 Å². The molecule has 14 heavy (non-hydrogen) atoms. The Labute approximate surface area is 92.0 Å². The molecule has 0 aliphatic carbocycles. The highest BCUT2D eigenvalue weighted by atomic mass is 79.9. The molecule has 1 N–H and O–H groups in total. The number of hydrogen-bond acceptors (Lipinski definition) is 2. The highest BCUT2D eigenvalue weighted by molar-refractivity contribution is 9.10. The van der Waals surface area contributed by atoms with Gasteiger partial charge in [0.15, 0.2) is 0 Å². The maximum Gasteiger partial charge on any atom is 0.265 e. The van der Waals surface area contributed by atoms with E-state index in [2.05, 4.69) is 22.9 Å². The SMILES string of the molecule is [CH2]C(CS(=O)(=O)O)c1ccc(Br)cc1. The van der Waals surface area contributed by atoms with Crippen LogP contribution in [0.5, 0.6) is 0 Å². The van der Waals surface area contributed by atoms with Crippen LogP contribution < -0.4 is 0 Å². The number of rotatable bonds is 3. The lowest BCUT2D eigenvalue weighted by molar-refractivity contribution is 0.480. The molecule has 0 heterocycles. The summed E-state index contributed by atoms with van der Waals surface area (Å²) in [5.41, 5.74) is 0.783. The summed E-state index contributed by atoms with van der Waals surface area (Å²) in [6.07, 6.45) is 0. The van der Waals surface area contributed by atoms with E-state index in [1.165, 1.54) is 0 Å². The van der Waals surface area contributed by atoms with Crippen molar-refractivity contribution in [1.82, 2.24) is 0 Å². The van der Waals surface area contributed by atoms with Gasteiger partial charge in [0, 0.05) is 10.4 Å². The molecule has 77 valence electrons. The first-order chi connectivity index (χ1) is 6.38. The molecule has 0 saturated carbocycles. The summed E-state index contributed by atoms with van der Waals surface area (Å²) >= 11 is 3.27. The van der Waals surface area contributed by atoms with Crippen molar-refractivity contribution >= 4 is 26.0 Å². The summed E-state index contributed by atoms with van der Waals surface area (Å²) in [5, 5.41) is 0. The highest BCUT2D eigenvalue weighted by Crippen LogP contribution is 2.19. The van der Waals surface area contributed by atoms with E-state index in [1.54, 1.807) is 24.3 Å². The van der Waals surface area contributed by atoms with Crippen LogP contribution in [0.3, 0.4) is 0 Å². The van der Waals surface area contributed by atoms with Gasteiger partial charge < -0.3 is 0 Å². The van der Waals surface area contributed by atoms with Crippen molar-refractivity contribution in [2.24, 2.45) is 0 Å². The lowest BCUT2D eigenvalue weighted by Crippen LogP contribution is -2.11. The summed E-state index contributed by atoms with van der Waals surface area (Å²) in [4.78, 5) is 0. The van der Waals surface area contributed by atoms with Crippen molar-refractivity contribution in [3.8, 4) is 0 Å². The smallest absolute Gasteiger partial charge is 0.265 e. The summed E-state index contributed by atoms with van der Waals surface area (Å²) in [5.74, 6) is -0.799. The van der Waals surface area contributed by atoms with Crippen LogP contribution in [0.1, 0.15) is 11.5 Å². The molecule has 1 unspecified atom stereocenters. The fourth-order valence-corrected chi connectivity index (χ4v) is 2.05. The van der Waals surface area contributed by atoms with Gasteiger partial charge in [0.1, 0.15) is 0 Å². The molecule has 1 aromatic rings. The van der Waals surface area contributed by atoms with E-state index in [-0.39, 0.29) is 5.75 Å². The van der Waals surface area contributed by atoms with Gasteiger partial charge >= 0.3 is 0 Å². The van der Waals surface area contributed by atoms with Crippen molar-refractivity contribution in [2.45, 2.75) is 5.92 Å². The summed E-state index contributed by atoms with van der Waals surface area (Å²) < 4.78 is 30.7. The minimum atomic E-state index is -3.96. The second-order valence-electron chi connectivity index (χ2n) is 3.00. The van der Waals surface area contributed by atoms with Crippen molar-refractivity contribution in [1.29, 1.82) is 0 Å². The first-order valence-corrected chi connectivity index (χ1v) is 6.32. The van der Waals surface area contributed by atoms with Gasteiger partial charge in [0.2, 0.25) is 0 Å². The first kappa shape index (κ1) is 11.7. The molecule has 0 spiro atoms. The van der Waals surface area contributed by atoms with E-state index in [1.807, 2.05) is 0 Å². The van der Waals surface area contributed by atoms with Crippen molar-refractivity contribution in [3.05, 3.63) is 41.2 Å². The van der Waals surface area contributed by atoms with Crippen LogP contribution in [-0.2, 0) is 10.1 Å². The standard InChI is InChI=1S/C9H10BrO3S/c1-7(6-14(11,12)13)8-2-4-9(10)5-3-8/h2-5,7H,1,6H2,(H,11,12,13). The zero-order chi connectivity index (χ0) is 10.8. The quantitative estimate of drug-likeness (QED) is 0.863. The third-order valence-corrected chi connectivity index (χ3v) is 3.11. The topological polar surface area (TPSA) is 54.4 Å². The van der Waals surface area contributed by atoms with E-state index in [0.717, 1.165) is 10.0 Å². The summed E-state index contributed by atoms with van der Waals surface area (Å²) in [6, 6.07) is 7.15.